The highest BCUT2D eigenvalue weighted by Crippen LogP contribution is 2.24. The minimum Gasteiger partial charge on any atom is -0.396 e. The van der Waals surface area contributed by atoms with E-state index in [9.17, 15) is 5.11 Å². The van der Waals surface area contributed by atoms with E-state index < -0.39 is 0 Å². The van der Waals surface area contributed by atoms with Gasteiger partial charge in [0.15, 0.2) is 0 Å². The summed E-state index contributed by atoms with van der Waals surface area (Å²) in [7, 11) is 0. The Bertz CT molecular complexity index is 183. The van der Waals surface area contributed by atoms with Gasteiger partial charge in [-0.3, -0.25) is 4.90 Å². The van der Waals surface area contributed by atoms with Gasteiger partial charge in [0.05, 0.1) is 0 Å². The van der Waals surface area contributed by atoms with Crippen molar-refractivity contribution in [1.82, 2.24) is 4.90 Å². The summed E-state index contributed by atoms with van der Waals surface area (Å²) in [5.74, 6) is 0.690. The standard InChI is InChI=1S/C15H33NO/c1-7-14(8-2)16(10-13(4)5)11-15(6,9-3)12-17/h13-14,17H,7-12H2,1-6H3. The van der Waals surface area contributed by atoms with Crippen molar-refractivity contribution < 1.29 is 5.11 Å². The van der Waals surface area contributed by atoms with Gasteiger partial charge in [0.2, 0.25) is 0 Å². The first kappa shape index (κ1) is 16.9. The van der Waals surface area contributed by atoms with Crippen molar-refractivity contribution in [2.75, 3.05) is 19.7 Å². The fourth-order valence-corrected chi connectivity index (χ4v) is 2.38. The molecule has 0 aromatic carbocycles. The Morgan fingerprint density at radius 1 is 1.12 bits per heavy atom. The average Bonchev–Trinajstić information content (AvgIpc) is 2.29. The average molecular weight is 243 g/mol. The molecule has 1 unspecified atom stereocenters. The maximum Gasteiger partial charge on any atom is 0.0496 e. The first-order valence-corrected chi connectivity index (χ1v) is 7.27. The van der Waals surface area contributed by atoms with Gasteiger partial charge in [-0.25, -0.2) is 0 Å². The summed E-state index contributed by atoms with van der Waals surface area (Å²) < 4.78 is 0. The molecule has 2 heteroatoms. The van der Waals surface area contributed by atoms with Crippen LogP contribution in [0.25, 0.3) is 0 Å². The number of rotatable bonds is 9. The molecule has 0 aliphatic rings. The van der Waals surface area contributed by atoms with Gasteiger partial charge >= 0.3 is 0 Å². The predicted octanol–water partition coefficient (Wildman–Crippen LogP) is 3.54. The summed E-state index contributed by atoms with van der Waals surface area (Å²) in [5.41, 5.74) is 0.0531. The van der Waals surface area contributed by atoms with Crippen molar-refractivity contribution >= 4 is 0 Å². The zero-order valence-corrected chi connectivity index (χ0v) is 12.8. The maximum absolute atomic E-state index is 9.57. The molecule has 104 valence electrons. The van der Waals surface area contributed by atoms with E-state index in [0.29, 0.717) is 12.0 Å². The third kappa shape index (κ3) is 5.87. The van der Waals surface area contributed by atoms with E-state index in [2.05, 4.69) is 46.4 Å². The highest BCUT2D eigenvalue weighted by molar-refractivity contribution is 4.80. The molecule has 0 bridgehead atoms. The highest BCUT2D eigenvalue weighted by atomic mass is 16.3. The first-order chi connectivity index (χ1) is 7.92. The van der Waals surface area contributed by atoms with Crippen LogP contribution >= 0.6 is 0 Å². The molecule has 1 atom stereocenters. The minimum absolute atomic E-state index is 0.0531. The monoisotopic (exact) mass is 243 g/mol. The Morgan fingerprint density at radius 3 is 1.94 bits per heavy atom. The molecule has 0 spiro atoms. The van der Waals surface area contributed by atoms with Gasteiger partial charge in [-0.2, -0.15) is 0 Å². The molecule has 0 amide bonds. The molecule has 0 aromatic rings. The fourth-order valence-electron chi connectivity index (χ4n) is 2.38. The second kappa shape index (κ2) is 8.10. The van der Waals surface area contributed by atoms with E-state index in [1.807, 2.05) is 0 Å². The molecule has 17 heavy (non-hydrogen) atoms. The number of hydrogen-bond acceptors (Lipinski definition) is 2. The molecule has 0 saturated heterocycles. The lowest BCUT2D eigenvalue weighted by molar-refractivity contribution is 0.0536. The molecular formula is C15H33NO. The summed E-state index contributed by atoms with van der Waals surface area (Å²) in [6, 6.07) is 0.662. The predicted molar refractivity (Wildman–Crippen MR) is 76.3 cm³/mol. The lowest BCUT2D eigenvalue weighted by Crippen LogP contribution is -2.45. The molecule has 0 fully saturated rings. The van der Waals surface area contributed by atoms with Crippen LogP contribution in [0, 0.1) is 11.3 Å². The van der Waals surface area contributed by atoms with Crippen molar-refractivity contribution in [1.29, 1.82) is 0 Å². The molecule has 0 aliphatic carbocycles. The largest absolute Gasteiger partial charge is 0.396 e. The zero-order valence-electron chi connectivity index (χ0n) is 12.8. The van der Waals surface area contributed by atoms with Gasteiger partial charge in [-0.1, -0.05) is 41.5 Å². The lowest BCUT2D eigenvalue weighted by atomic mass is 9.87. The van der Waals surface area contributed by atoms with Crippen LogP contribution in [0.1, 0.15) is 60.8 Å². The molecule has 0 rings (SSSR count). The van der Waals surface area contributed by atoms with E-state index in [-0.39, 0.29) is 12.0 Å². The van der Waals surface area contributed by atoms with Crippen molar-refractivity contribution in [3.63, 3.8) is 0 Å². The van der Waals surface area contributed by atoms with Crippen LogP contribution in [-0.2, 0) is 0 Å². The van der Waals surface area contributed by atoms with E-state index in [0.717, 1.165) is 19.5 Å². The van der Waals surface area contributed by atoms with E-state index in [1.54, 1.807) is 0 Å². The first-order valence-electron chi connectivity index (χ1n) is 7.27. The van der Waals surface area contributed by atoms with Gasteiger partial charge in [-0.15, -0.1) is 0 Å². The second-order valence-corrected chi connectivity index (χ2v) is 6.12. The van der Waals surface area contributed by atoms with Gasteiger partial charge in [0.1, 0.15) is 0 Å². The number of hydrogen-bond donors (Lipinski definition) is 1. The van der Waals surface area contributed by atoms with Crippen molar-refractivity contribution in [3.05, 3.63) is 0 Å². The van der Waals surface area contributed by atoms with E-state index in [4.69, 9.17) is 0 Å². The van der Waals surface area contributed by atoms with Crippen molar-refractivity contribution in [3.8, 4) is 0 Å². The third-order valence-electron chi connectivity index (χ3n) is 3.88. The smallest absolute Gasteiger partial charge is 0.0496 e. The highest BCUT2D eigenvalue weighted by Gasteiger charge is 2.27. The molecular weight excluding hydrogens is 210 g/mol. The molecule has 0 saturated carbocycles. The molecule has 0 aromatic heterocycles. The summed E-state index contributed by atoms with van der Waals surface area (Å²) in [6.07, 6.45) is 3.45. The van der Waals surface area contributed by atoms with Crippen LogP contribution in [0.3, 0.4) is 0 Å². The van der Waals surface area contributed by atoms with Gasteiger partial charge in [0.25, 0.3) is 0 Å². The van der Waals surface area contributed by atoms with Crippen LogP contribution in [0.15, 0.2) is 0 Å². The molecule has 1 N–H and O–H groups in total. The van der Waals surface area contributed by atoms with Crippen LogP contribution < -0.4 is 0 Å². The second-order valence-electron chi connectivity index (χ2n) is 6.12. The SMILES string of the molecule is CCC(CC)N(CC(C)C)CC(C)(CC)CO. The third-order valence-corrected chi connectivity index (χ3v) is 3.88. The Kier molecular flexibility index (Phi) is 8.06. The topological polar surface area (TPSA) is 23.5 Å². The number of aliphatic hydroxyl groups is 1. The zero-order chi connectivity index (χ0) is 13.5. The van der Waals surface area contributed by atoms with Crippen molar-refractivity contribution in [2.24, 2.45) is 11.3 Å². The van der Waals surface area contributed by atoms with Crippen LogP contribution in [0.4, 0.5) is 0 Å². The maximum atomic E-state index is 9.57. The Balaban J connectivity index is 4.67. The summed E-state index contributed by atoms with van der Waals surface area (Å²) in [4.78, 5) is 2.59. The van der Waals surface area contributed by atoms with Crippen molar-refractivity contribution in [2.45, 2.75) is 66.8 Å². The number of aliphatic hydroxyl groups excluding tert-OH is 1. The van der Waals surface area contributed by atoms with Gasteiger partial charge in [-0.05, 0) is 25.2 Å². The molecule has 0 aliphatic heterocycles. The van der Waals surface area contributed by atoms with Gasteiger partial charge < -0.3 is 5.11 Å². The lowest BCUT2D eigenvalue weighted by Gasteiger charge is -2.39. The van der Waals surface area contributed by atoms with Gasteiger partial charge in [0, 0.05) is 31.2 Å². The Hall–Kier alpha value is -0.0800. The fraction of sp³-hybridized carbons (Fsp3) is 1.00. The van der Waals surface area contributed by atoms with E-state index in [1.165, 1.54) is 12.8 Å². The summed E-state index contributed by atoms with van der Waals surface area (Å²) in [5, 5.41) is 9.57. The van der Waals surface area contributed by atoms with E-state index >= 15 is 0 Å². The van der Waals surface area contributed by atoms with Crippen LogP contribution in [0.5, 0.6) is 0 Å². The van der Waals surface area contributed by atoms with Crippen LogP contribution in [0.2, 0.25) is 0 Å². The Labute approximate surface area is 108 Å². The molecule has 0 heterocycles. The summed E-state index contributed by atoms with van der Waals surface area (Å²) in [6.45, 7) is 15.9. The normalized spacial score (nSPS) is 15.9. The van der Waals surface area contributed by atoms with Crippen LogP contribution in [-0.4, -0.2) is 35.7 Å². The molecule has 2 nitrogen and oxygen atoms in total. The Morgan fingerprint density at radius 2 is 1.65 bits per heavy atom. The molecule has 0 radical (unpaired) electrons. The minimum atomic E-state index is 0.0531. The number of nitrogens with zero attached hydrogens (tertiary/aromatic N) is 1. The quantitative estimate of drug-likeness (QED) is 0.669. The summed E-state index contributed by atoms with van der Waals surface area (Å²) >= 11 is 0.